The van der Waals surface area contributed by atoms with Crippen LogP contribution < -0.4 is 10.6 Å². The van der Waals surface area contributed by atoms with Gasteiger partial charge in [0.25, 0.3) is 11.8 Å². The van der Waals surface area contributed by atoms with E-state index in [0.717, 1.165) is 38.7 Å². The Hall–Kier alpha value is -1.92. The fraction of sp³-hybridized carbons (Fsp3) is 0.579. The predicted molar refractivity (Wildman–Crippen MR) is 96.7 cm³/mol. The van der Waals surface area contributed by atoms with E-state index in [9.17, 15) is 9.59 Å². The van der Waals surface area contributed by atoms with Crippen LogP contribution in [-0.4, -0.2) is 44.3 Å². The van der Waals surface area contributed by atoms with Gasteiger partial charge in [-0.2, -0.15) is 0 Å². The molecule has 0 aliphatic carbocycles. The highest BCUT2D eigenvalue weighted by Crippen LogP contribution is 2.16. The van der Waals surface area contributed by atoms with Crippen molar-refractivity contribution >= 4 is 17.5 Å². The summed E-state index contributed by atoms with van der Waals surface area (Å²) in [4.78, 5) is 24.2. The number of benzene rings is 1. The number of hydrogen-bond acceptors (Lipinski definition) is 4. The normalized spacial score (nSPS) is 16.6. The number of hydrogen-bond donors (Lipinski definition) is 2. The molecule has 0 aromatic heterocycles. The zero-order chi connectivity index (χ0) is 17.9. The second kappa shape index (κ2) is 10.8. The van der Waals surface area contributed by atoms with E-state index in [4.69, 9.17) is 9.47 Å². The van der Waals surface area contributed by atoms with Crippen LogP contribution in [0.1, 0.15) is 49.4 Å². The van der Waals surface area contributed by atoms with Crippen LogP contribution in [0.25, 0.3) is 0 Å². The van der Waals surface area contributed by atoms with Crippen molar-refractivity contribution in [3.63, 3.8) is 0 Å². The third kappa shape index (κ3) is 6.84. The van der Waals surface area contributed by atoms with E-state index in [1.807, 2.05) is 0 Å². The van der Waals surface area contributed by atoms with Crippen LogP contribution in [0.5, 0.6) is 0 Å². The molecule has 1 saturated heterocycles. The molecule has 1 unspecified atom stereocenters. The number of carbonyl (C=O) groups is 2. The smallest absolute Gasteiger partial charge is 0.253 e. The molecule has 25 heavy (non-hydrogen) atoms. The molecule has 1 fully saturated rings. The van der Waals surface area contributed by atoms with Gasteiger partial charge in [0, 0.05) is 37.6 Å². The zero-order valence-corrected chi connectivity index (χ0v) is 14.9. The maximum Gasteiger partial charge on any atom is 0.253 e. The van der Waals surface area contributed by atoms with E-state index in [-0.39, 0.29) is 17.9 Å². The van der Waals surface area contributed by atoms with Gasteiger partial charge < -0.3 is 20.1 Å². The molecule has 2 amide bonds. The standard InChI is InChI=1S/C19H28N2O4/c1-2-3-11-24-12-6-10-20-18(22)15-7-4-8-16(14-15)21-19(23)17-9-5-13-25-17/h4,7-8,14,17H,2-3,5-6,9-13H2,1H3,(H,20,22)(H,21,23). The molecular weight excluding hydrogens is 320 g/mol. The number of nitrogens with one attached hydrogen (secondary N) is 2. The molecule has 1 aliphatic heterocycles. The van der Waals surface area contributed by atoms with Crippen molar-refractivity contribution in [3.8, 4) is 0 Å². The minimum atomic E-state index is -0.384. The Bertz CT molecular complexity index is 556. The first-order valence-electron chi connectivity index (χ1n) is 9.09. The van der Waals surface area contributed by atoms with Gasteiger partial charge in [-0.1, -0.05) is 19.4 Å². The van der Waals surface area contributed by atoms with Crippen LogP contribution in [0.2, 0.25) is 0 Å². The van der Waals surface area contributed by atoms with Gasteiger partial charge in [0.05, 0.1) is 0 Å². The maximum atomic E-state index is 12.2. The first-order chi connectivity index (χ1) is 12.2. The lowest BCUT2D eigenvalue weighted by Crippen LogP contribution is -2.27. The van der Waals surface area contributed by atoms with E-state index >= 15 is 0 Å². The van der Waals surface area contributed by atoms with Crippen LogP contribution in [-0.2, 0) is 14.3 Å². The molecule has 0 bridgehead atoms. The van der Waals surface area contributed by atoms with Gasteiger partial charge in [-0.25, -0.2) is 0 Å². The average Bonchev–Trinajstić information content (AvgIpc) is 3.16. The van der Waals surface area contributed by atoms with Gasteiger partial charge in [-0.05, 0) is 43.9 Å². The molecule has 1 aliphatic rings. The fourth-order valence-electron chi connectivity index (χ4n) is 2.57. The highest BCUT2D eigenvalue weighted by atomic mass is 16.5. The van der Waals surface area contributed by atoms with E-state index in [0.29, 0.717) is 31.0 Å². The Balaban J connectivity index is 1.73. The van der Waals surface area contributed by atoms with Crippen LogP contribution in [0, 0.1) is 0 Å². The quantitative estimate of drug-likeness (QED) is 0.638. The maximum absolute atomic E-state index is 12.2. The number of anilines is 1. The van der Waals surface area contributed by atoms with Gasteiger partial charge in [0.15, 0.2) is 0 Å². The van der Waals surface area contributed by atoms with Crippen LogP contribution in [0.4, 0.5) is 5.69 Å². The third-order valence-electron chi connectivity index (χ3n) is 4.01. The van der Waals surface area contributed by atoms with Crippen LogP contribution >= 0.6 is 0 Å². The molecule has 0 radical (unpaired) electrons. The van der Waals surface area contributed by atoms with E-state index in [1.54, 1.807) is 24.3 Å². The molecule has 138 valence electrons. The first-order valence-corrected chi connectivity index (χ1v) is 9.09. The molecule has 2 N–H and O–H groups in total. The summed E-state index contributed by atoms with van der Waals surface area (Å²) in [5.41, 5.74) is 1.13. The second-order valence-corrected chi connectivity index (χ2v) is 6.15. The Kier molecular flexibility index (Phi) is 8.42. The fourth-order valence-corrected chi connectivity index (χ4v) is 2.57. The minimum absolute atomic E-state index is 0.151. The van der Waals surface area contributed by atoms with Gasteiger partial charge in [-0.15, -0.1) is 0 Å². The molecule has 2 rings (SSSR count). The van der Waals surface area contributed by atoms with Crippen LogP contribution in [0.3, 0.4) is 0 Å². The van der Waals surface area contributed by atoms with Crippen molar-refractivity contribution in [3.05, 3.63) is 29.8 Å². The Morgan fingerprint density at radius 3 is 2.88 bits per heavy atom. The summed E-state index contributed by atoms with van der Waals surface area (Å²) in [5, 5.41) is 5.68. The van der Waals surface area contributed by atoms with E-state index in [1.165, 1.54) is 0 Å². The predicted octanol–water partition coefficient (Wildman–Crippen LogP) is 2.74. The summed E-state index contributed by atoms with van der Waals surface area (Å²) in [6.07, 6.45) is 4.23. The lowest BCUT2D eigenvalue weighted by molar-refractivity contribution is -0.124. The number of amides is 2. The summed E-state index contributed by atoms with van der Waals surface area (Å²) in [6, 6.07) is 6.94. The molecule has 1 atom stereocenters. The number of ether oxygens (including phenoxy) is 2. The first kappa shape index (κ1) is 19.4. The molecule has 1 heterocycles. The average molecular weight is 348 g/mol. The molecule has 6 nitrogen and oxygen atoms in total. The highest BCUT2D eigenvalue weighted by Gasteiger charge is 2.23. The Labute approximate surface area is 149 Å². The lowest BCUT2D eigenvalue weighted by atomic mass is 10.1. The molecule has 0 saturated carbocycles. The highest BCUT2D eigenvalue weighted by molar-refractivity contribution is 5.98. The summed E-state index contributed by atoms with van der Waals surface area (Å²) in [6.45, 7) is 4.75. The Morgan fingerprint density at radius 2 is 2.12 bits per heavy atom. The third-order valence-corrected chi connectivity index (χ3v) is 4.01. The minimum Gasteiger partial charge on any atom is -0.381 e. The molecule has 1 aromatic carbocycles. The molecule has 1 aromatic rings. The van der Waals surface area contributed by atoms with Gasteiger partial charge >= 0.3 is 0 Å². The number of unbranched alkanes of at least 4 members (excludes halogenated alkanes) is 1. The van der Waals surface area contributed by atoms with Crippen molar-refractivity contribution in [1.82, 2.24) is 5.32 Å². The van der Waals surface area contributed by atoms with Crippen molar-refractivity contribution in [1.29, 1.82) is 0 Å². The summed E-state index contributed by atoms with van der Waals surface area (Å²) >= 11 is 0. The van der Waals surface area contributed by atoms with Crippen LogP contribution in [0.15, 0.2) is 24.3 Å². The summed E-state index contributed by atoms with van der Waals surface area (Å²) in [7, 11) is 0. The molecule has 6 heteroatoms. The lowest BCUT2D eigenvalue weighted by Gasteiger charge is -2.11. The monoisotopic (exact) mass is 348 g/mol. The van der Waals surface area contributed by atoms with Crippen molar-refractivity contribution in [2.75, 3.05) is 31.7 Å². The van der Waals surface area contributed by atoms with Crippen molar-refractivity contribution in [2.45, 2.75) is 45.1 Å². The van der Waals surface area contributed by atoms with Gasteiger partial charge in [0.1, 0.15) is 6.10 Å². The van der Waals surface area contributed by atoms with E-state index in [2.05, 4.69) is 17.6 Å². The molecular formula is C19H28N2O4. The zero-order valence-electron chi connectivity index (χ0n) is 14.9. The largest absolute Gasteiger partial charge is 0.381 e. The second-order valence-electron chi connectivity index (χ2n) is 6.15. The number of rotatable bonds is 10. The van der Waals surface area contributed by atoms with E-state index < -0.39 is 0 Å². The summed E-state index contributed by atoms with van der Waals surface area (Å²) in [5.74, 6) is -0.305. The van der Waals surface area contributed by atoms with Gasteiger partial charge in [0.2, 0.25) is 0 Å². The van der Waals surface area contributed by atoms with Gasteiger partial charge in [-0.3, -0.25) is 9.59 Å². The van der Waals surface area contributed by atoms with Crippen molar-refractivity contribution in [2.24, 2.45) is 0 Å². The Morgan fingerprint density at radius 1 is 1.28 bits per heavy atom. The number of carbonyl (C=O) groups excluding carboxylic acids is 2. The summed E-state index contributed by atoms with van der Waals surface area (Å²) < 4.78 is 10.8. The van der Waals surface area contributed by atoms with Crippen molar-refractivity contribution < 1.29 is 19.1 Å². The topological polar surface area (TPSA) is 76.7 Å². The SMILES string of the molecule is CCCCOCCCNC(=O)c1cccc(NC(=O)C2CCCO2)c1. The molecule has 0 spiro atoms.